The van der Waals surface area contributed by atoms with Crippen molar-refractivity contribution in [1.29, 1.82) is 0 Å². The number of carbonyl (C=O) groups excluding carboxylic acids is 2. The van der Waals surface area contributed by atoms with Gasteiger partial charge in [-0.15, -0.1) is 0 Å². The third-order valence-electron chi connectivity index (χ3n) is 1.91. The number of β-lactam (4-membered cyclic amide) rings is 1. The quantitative estimate of drug-likeness (QED) is 0.305. The molecule has 0 aliphatic carbocycles. The Hall–Kier alpha value is -0.990. The molecule has 74 valence electrons. The Kier molecular flexibility index (Phi) is 1.94. The van der Waals surface area contributed by atoms with Crippen LogP contribution in [-0.2, 0) is 19.9 Å². The van der Waals surface area contributed by atoms with Gasteiger partial charge < -0.3 is 5.73 Å². The highest BCUT2D eigenvalue weighted by atomic mass is 32.2. The van der Waals surface area contributed by atoms with Gasteiger partial charge in [-0.1, -0.05) is 0 Å². The lowest BCUT2D eigenvalue weighted by Crippen LogP contribution is -2.75. The van der Waals surface area contributed by atoms with Crippen molar-refractivity contribution in [3.63, 3.8) is 0 Å². The Labute approximate surface area is 74.4 Å². The summed E-state index contributed by atoms with van der Waals surface area (Å²) < 4.78 is 29.4. The number of carbonyl (C=O) groups is 2. The van der Waals surface area contributed by atoms with Crippen molar-refractivity contribution in [2.45, 2.75) is 12.5 Å². The molecule has 1 saturated heterocycles. The highest BCUT2D eigenvalue weighted by molar-refractivity contribution is 7.84. The van der Waals surface area contributed by atoms with Gasteiger partial charge in [0, 0.05) is 0 Å². The molecule has 0 saturated carbocycles. The van der Waals surface area contributed by atoms with Crippen LogP contribution >= 0.6 is 0 Å². The van der Waals surface area contributed by atoms with Crippen molar-refractivity contribution in [3.8, 4) is 0 Å². The zero-order valence-corrected chi connectivity index (χ0v) is 7.54. The predicted molar refractivity (Wildman–Crippen MR) is 40.9 cm³/mol. The smallest absolute Gasteiger partial charge is 0.310 e. The van der Waals surface area contributed by atoms with Crippen LogP contribution in [0.15, 0.2) is 0 Å². The molecule has 7 nitrogen and oxygen atoms in total. The summed E-state index contributed by atoms with van der Waals surface area (Å²) in [6.07, 6.45) is 0. The van der Waals surface area contributed by atoms with Crippen molar-refractivity contribution in [1.82, 2.24) is 4.31 Å². The van der Waals surface area contributed by atoms with Gasteiger partial charge in [0.2, 0.25) is 0 Å². The molecule has 0 spiro atoms. The van der Waals surface area contributed by atoms with Crippen LogP contribution in [-0.4, -0.2) is 41.0 Å². The SMILES string of the molecule is CC(=O)C1(N)CN(S(=O)(=O)O)C1=O. The highest BCUT2D eigenvalue weighted by Crippen LogP contribution is 2.23. The molecule has 0 aromatic heterocycles. The van der Waals surface area contributed by atoms with E-state index in [1.54, 1.807) is 0 Å². The Bertz CT molecular complexity index is 374. The van der Waals surface area contributed by atoms with E-state index in [0.29, 0.717) is 0 Å². The molecule has 1 heterocycles. The molecule has 1 unspecified atom stereocenters. The number of hydrogen-bond donors (Lipinski definition) is 2. The molecular weight excluding hydrogens is 200 g/mol. The lowest BCUT2D eigenvalue weighted by molar-refractivity contribution is -0.149. The largest absolute Gasteiger partial charge is 0.362 e. The minimum absolute atomic E-state index is 0.147. The number of nitrogens with zero attached hydrogens (tertiary/aromatic N) is 1. The number of Topliss-reactive ketones (excluding diaryl/α,β-unsaturated/α-hetero) is 1. The summed E-state index contributed by atoms with van der Waals surface area (Å²) in [5, 5.41) is 0. The maximum atomic E-state index is 11.0. The van der Waals surface area contributed by atoms with Crippen molar-refractivity contribution >= 4 is 22.0 Å². The average molecular weight is 208 g/mol. The molecule has 8 heteroatoms. The first-order valence-corrected chi connectivity index (χ1v) is 4.69. The van der Waals surface area contributed by atoms with E-state index >= 15 is 0 Å². The van der Waals surface area contributed by atoms with Crippen LogP contribution in [0.3, 0.4) is 0 Å². The summed E-state index contributed by atoms with van der Waals surface area (Å²) in [6.45, 7) is 0.583. The summed E-state index contributed by atoms with van der Waals surface area (Å²) in [6, 6.07) is 0. The van der Waals surface area contributed by atoms with E-state index in [2.05, 4.69) is 0 Å². The zero-order valence-electron chi connectivity index (χ0n) is 6.72. The van der Waals surface area contributed by atoms with E-state index in [4.69, 9.17) is 10.3 Å². The Balaban J connectivity index is 2.92. The fourth-order valence-corrected chi connectivity index (χ4v) is 1.68. The molecule has 1 fully saturated rings. The topological polar surface area (TPSA) is 118 Å². The second-order valence-corrected chi connectivity index (χ2v) is 4.15. The number of ketones is 1. The molecule has 0 bridgehead atoms. The van der Waals surface area contributed by atoms with Gasteiger partial charge in [-0.25, -0.2) is 4.31 Å². The van der Waals surface area contributed by atoms with Crippen LogP contribution in [0.25, 0.3) is 0 Å². The van der Waals surface area contributed by atoms with E-state index < -0.39 is 34.1 Å². The minimum Gasteiger partial charge on any atom is -0.310 e. The number of nitrogens with two attached hydrogens (primary N) is 1. The molecule has 3 N–H and O–H groups in total. The van der Waals surface area contributed by atoms with Gasteiger partial charge in [0.15, 0.2) is 11.3 Å². The van der Waals surface area contributed by atoms with E-state index in [0.717, 1.165) is 6.92 Å². The molecule has 13 heavy (non-hydrogen) atoms. The second kappa shape index (κ2) is 2.50. The third kappa shape index (κ3) is 1.32. The first kappa shape index (κ1) is 10.1. The van der Waals surface area contributed by atoms with E-state index in [1.165, 1.54) is 0 Å². The number of amides is 1. The van der Waals surface area contributed by atoms with E-state index in [-0.39, 0.29) is 4.31 Å². The summed E-state index contributed by atoms with van der Waals surface area (Å²) in [5.74, 6) is -1.72. The molecule has 0 aromatic rings. The maximum Gasteiger partial charge on any atom is 0.362 e. The average Bonchev–Trinajstić information content (AvgIpc) is 1.96. The maximum absolute atomic E-state index is 11.0. The zero-order chi connectivity index (χ0) is 10.4. The Morgan fingerprint density at radius 3 is 2.38 bits per heavy atom. The molecule has 1 rings (SSSR count). The summed E-state index contributed by atoms with van der Waals surface area (Å²) in [4.78, 5) is 21.8. The number of hydrogen-bond acceptors (Lipinski definition) is 5. The third-order valence-corrected chi connectivity index (χ3v) is 2.76. The van der Waals surface area contributed by atoms with Gasteiger partial charge in [0.25, 0.3) is 5.91 Å². The van der Waals surface area contributed by atoms with E-state index in [1.807, 2.05) is 0 Å². The lowest BCUT2D eigenvalue weighted by atomic mass is 9.88. The van der Waals surface area contributed by atoms with Gasteiger partial charge in [-0.2, -0.15) is 8.42 Å². The standard InChI is InChI=1S/C5H8N2O5S/c1-3(8)5(6)2-7(4(5)9)13(10,11)12/h2,6H2,1H3,(H,10,11,12). The molecule has 1 amide bonds. The van der Waals surface area contributed by atoms with Gasteiger partial charge in [0.1, 0.15) is 0 Å². The minimum atomic E-state index is -4.57. The van der Waals surface area contributed by atoms with E-state index in [9.17, 15) is 18.0 Å². The fourth-order valence-electron chi connectivity index (χ4n) is 0.945. The van der Waals surface area contributed by atoms with Gasteiger partial charge in [-0.3, -0.25) is 14.1 Å². The first-order valence-electron chi connectivity index (χ1n) is 3.29. The van der Waals surface area contributed by atoms with Gasteiger partial charge in [0.05, 0.1) is 6.54 Å². The van der Waals surface area contributed by atoms with Gasteiger partial charge in [-0.05, 0) is 6.92 Å². The monoisotopic (exact) mass is 208 g/mol. The van der Waals surface area contributed by atoms with Crippen LogP contribution in [0.1, 0.15) is 6.92 Å². The lowest BCUT2D eigenvalue weighted by Gasteiger charge is -2.41. The Morgan fingerprint density at radius 2 is 2.15 bits per heavy atom. The van der Waals surface area contributed by atoms with Crippen molar-refractivity contribution < 1.29 is 22.6 Å². The molecule has 1 aliphatic heterocycles. The number of rotatable bonds is 2. The summed E-state index contributed by atoms with van der Waals surface area (Å²) in [7, 11) is -4.57. The molecule has 1 atom stereocenters. The molecule has 0 aromatic carbocycles. The van der Waals surface area contributed by atoms with Crippen LogP contribution in [0.4, 0.5) is 0 Å². The van der Waals surface area contributed by atoms with Crippen molar-refractivity contribution in [2.24, 2.45) is 5.73 Å². The predicted octanol–water partition coefficient (Wildman–Crippen LogP) is -2.08. The first-order chi connectivity index (χ1) is 5.69. The van der Waals surface area contributed by atoms with Crippen LogP contribution in [0.5, 0.6) is 0 Å². The van der Waals surface area contributed by atoms with Crippen molar-refractivity contribution in [3.05, 3.63) is 0 Å². The summed E-state index contributed by atoms with van der Waals surface area (Å²) >= 11 is 0. The second-order valence-electron chi connectivity index (χ2n) is 2.82. The normalized spacial score (nSPS) is 28.5. The summed E-state index contributed by atoms with van der Waals surface area (Å²) in [5.41, 5.74) is 3.48. The van der Waals surface area contributed by atoms with Crippen LogP contribution < -0.4 is 5.73 Å². The molecular formula is C5H8N2O5S. The van der Waals surface area contributed by atoms with Crippen LogP contribution in [0, 0.1) is 0 Å². The highest BCUT2D eigenvalue weighted by Gasteiger charge is 2.57. The molecule has 1 aliphatic rings. The molecule has 0 radical (unpaired) electrons. The fraction of sp³-hybridized carbons (Fsp3) is 0.600. The van der Waals surface area contributed by atoms with Crippen LogP contribution in [0.2, 0.25) is 0 Å². The van der Waals surface area contributed by atoms with Gasteiger partial charge >= 0.3 is 10.3 Å². The van der Waals surface area contributed by atoms with Crippen molar-refractivity contribution in [2.75, 3.05) is 6.54 Å². The Morgan fingerprint density at radius 1 is 1.69 bits per heavy atom.